The Bertz CT molecular complexity index is 902. The lowest BCUT2D eigenvalue weighted by Gasteiger charge is -2.24. The molecule has 0 spiro atoms. The van der Waals surface area contributed by atoms with E-state index in [1.54, 1.807) is 48.5 Å². The Morgan fingerprint density at radius 1 is 1.10 bits per heavy atom. The van der Waals surface area contributed by atoms with Crippen LogP contribution in [0.2, 0.25) is 0 Å². The van der Waals surface area contributed by atoms with Crippen LogP contribution in [0.1, 0.15) is 6.92 Å². The highest BCUT2D eigenvalue weighted by Gasteiger charge is 2.25. The van der Waals surface area contributed by atoms with E-state index in [1.807, 2.05) is 0 Å². The summed E-state index contributed by atoms with van der Waals surface area (Å²) in [5.74, 6) is -1.84. The number of carbonyl (C=O) groups is 3. The van der Waals surface area contributed by atoms with Gasteiger partial charge in [-0.3, -0.25) is 19.3 Å². The lowest BCUT2D eigenvalue weighted by Crippen LogP contribution is -2.49. The number of carboxylic acid groups (broad SMARTS) is 1. The van der Waals surface area contributed by atoms with E-state index >= 15 is 0 Å². The predicted molar refractivity (Wildman–Crippen MR) is 119 cm³/mol. The molecular formula is C19H18Cl2N2O5S2. The molecule has 0 fully saturated rings. The number of para-hydroxylation sites is 1. The largest absolute Gasteiger partial charge is 0.484 e. The van der Waals surface area contributed by atoms with Gasteiger partial charge in [0.05, 0.1) is 0 Å². The van der Waals surface area contributed by atoms with Crippen LogP contribution in [-0.4, -0.2) is 42.1 Å². The summed E-state index contributed by atoms with van der Waals surface area (Å²) in [6.07, 6.45) is 0. The highest BCUT2D eigenvalue weighted by atomic mass is 35.7. The molecule has 1 atom stereocenters. The maximum Gasteiger partial charge on any atom is 0.323 e. The van der Waals surface area contributed by atoms with Gasteiger partial charge < -0.3 is 15.2 Å². The minimum Gasteiger partial charge on any atom is -0.484 e. The molecule has 0 heterocycles. The van der Waals surface area contributed by atoms with Crippen LogP contribution >= 0.6 is 43.3 Å². The van der Waals surface area contributed by atoms with Crippen molar-refractivity contribution in [3.63, 3.8) is 0 Å². The first-order valence-corrected chi connectivity index (χ1v) is 11.9. The highest BCUT2D eigenvalue weighted by molar-refractivity contribution is 8.23. The van der Waals surface area contributed by atoms with Gasteiger partial charge in [0.15, 0.2) is 6.61 Å². The van der Waals surface area contributed by atoms with Crippen molar-refractivity contribution in [2.45, 2.75) is 22.8 Å². The third kappa shape index (κ3) is 7.02. The van der Waals surface area contributed by atoms with Crippen LogP contribution in [0.5, 0.6) is 5.75 Å². The first-order chi connectivity index (χ1) is 14.3. The van der Waals surface area contributed by atoms with E-state index in [2.05, 4.69) is 5.32 Å². The molecule has 0 saturated carbocycles. The molecule has 11 heteroatoms. The third-order valence-corrected chi connectivity index (χ3v) is 5.98. The van der Waals surface area contributed by atoms with E-state index in [0.29, 0.717) is 16.3 Å². The van der Waals surface area contributed by atoms with E-state index < -0.39 is 30.4 Å². The molecule has 0 unspecified atom stereocenters. The fourth-order valence-corrected chi connectivity index (χ4v) is 4.34. The van der Waals surface area contributed by atoms with Crippen molar-refractivity contribution in [3.05, 3.63) is 48.5 Å². The highest BCUT2D eigenvalue weighted by Crippen LogP contribution is 2.37. The molecule has 0 aliphatic carbocycles. The van der Waals surface area contributed by atoms with Gasteiger partial charge in [-0.25, -0.2) is 0 Å². The van der Waals surface area contributed by atoms with Gasteiger partial charge >= 0.3 is 5.97 Å². The molecule has 0 saturated heterocycles. The van der Waals surface area contributed by atoms with Crippen molar-refractivity contribution in [2.75, 3.05) is 18.1 Å². The number of benzene rings is 2. The van der Waals surface area contributed by atoms with E-state index in [0.717, 1.165) is 31.7 Å². The number of halogens is 2. The lowest BCUT2D eigenvalue weighted by molar-refractivity contribution is -0.137. The van der Waals surface area contributed by atoms with Gasteiger partial charge in [-0.15, -0.1) is 0 Å². The average Bonchev–Trinajstić information content (AvgIpc) is 2.75. The minimum atomic E-state index is -1.17. The standard InChI is InChI=1S/C19H18Cl2N2O5S2/c1-12(19(27)23(10-18(25)26)13-5-3-2-4-6-13)22-17(24)11-28-14-7-8-15(29-20)16(9-14)30-21/h2-9,12H,10-11H2,1H3,(H,22,24)(H,25,26)/t12-/m0/s1. The smallest absolute Gasteiger partial charge is 0.323 e. The molecular weight excluding hydrogens is 471 g/mol. The van der Waals surface area contributed by atoms with Gasteiger partial charge in [0.2, 0.25) is 5.91 Å². The number of nitrogens with one attached hydrogen (secondary N) is 1. The summed E-state index contributed by atoms with van der Waals surface area (Å²) >= 11 is 0. The van der Waals surface area contributed by atoms with Gasteiger partial charge in [0.1, 0.15) is 18.3 Å². The van der Waals surface area contributed by atoms with E-state index in [1.165, 1.54) is 6.92 Å². The number of carboxylic acids is 1. The van der Waals surface area contributed by atoms with Crippen LogP contribution in [-0.2, 0) is 14.4 Å². The van der Waals surface area contributed by atoms with Gasteiger partial charge in [-0.1, -0.05) is 18.2 Å². The number of hydrogen-bond acceptors (Lipinski definition) is 6. The van der Waals surface area contributed by atoms with Crippen molar-refractivity contribution in [1.29, 1.82) is 0 Å². The quantitative estimate of drug-likeness (QED) is 0.517. The molecule has 0 aliphatic heterocycles. The number of anilines is 1. The molecule has 0 bridgehead atoms. The molecule has 2 aromatic rings. The summed E-state index contributed by atoms with van der Waals surface area (Å²) in [7, 11) is 13.5. The van der Waals surface area contributed by atoms with Crippen LogP contribution in [0.3, 0.4) is 0 Å². The zero-order valence-electron chi connectivity index (χ0n) is 15.7. The second kappa shape index (κ2) is 11.9. The number of carbonyl (C=O) groups excluding carboxylic acids is 2. The molecule has 0 radical (unpaired) electrons. The Labute approximate surface area is 191 Å². The van der Waals surface area contributed by atoms with Crippen molar-refractivity contribution < 1.29 is 24.2 Å². The number of ether oxygens (including phenoxy) is 1. The zero-order chi connectivity index (χ0) is 22.1. The summed E-state index contributed by atoms with van der Waals surface area (Å²) < 4.78 is 5.44. The van der Waals surface area contributed by atoms with Crippen LogP contribution in [0.4, 0.5) is 5.69 Å². The van der Waals surface area contributed by atoms with Gasteiger partial charge in [-0.2, -0.15) is 0 Å². The van der Waals surface area contributed by atoms with E-state index in [4.69, 9.17) is 31.2 Å². The van der Waals surface area contributed by atoms with E-state index in [9.17, 15) is 14.4 Å². The number of hydrogen-bond donors (Lipinski definition) is 2. The maximum absolute atomic E-state index is 12.7. The van der Waals surface area contributed by atoms with Gasteiger partial charge in [-0.05, 0) is 80.6 Å². The molecule has 0 aromatic heterocycles. The summed E-state index contributed by atoms with van der Waals surface area (Å²) in [5, 5.41) is 11.6. The lowest BCUT2D eigenvalue weighted by atomic mass is 10.2. The molecule has 30 heavy (non-hydrogen) atoms. The topological polar surface area (TPSA) is 95.9 Å². The fraction of sp³-hybridized carbons (Fsp3) is 0.211. The second-order valence-corrected chi connectivity index (χ2v) is 8.11. The molecule has 0 aliphatic rings. The van der Waals surface area contributed by atoms with E-state index in [-0.39, 0.29) is 6.61 Å². The Balaban J connectivity index is 1.98. The third-order valence-electron chi connectivity index (χ3n) is 3.83. The predicted octanol–water partition coefficient (Wildman–Crippen LogP) is 4.18. The Kier molecular flexibility index (Phi) is 9.64. The Morgan fingerprint density at radius 2 is 1.77 bits per heavy atom. The van der Waals surface area contributed by atoms with Crippen LogP contribution in [0, 0.1) is 0 Å². The van der Waals surface area contributed by atoms with Crippen molar-refractivity contribution in [1.82, 2.24) is 5.32 Å². The molecule has 7 nitrogen and oxygen atoms in total. The molecule has 2 rings (SSSR count). The number of rotatable bonds is 10. The SMILES string of the molecule is C[C@H](NC(=O)COc1ccc(SCl)c(SCl)c1)C(=O)N(CC(=O)O)c1ccccc1. The second-order valence-electron chi connectivity index (χ2n) is 5.99. The van der Waals surface area contributed by atoms with Gasteiger partial charge in [0.25, 0.3) is 5.91 Å². The zero-order valence-corrected chi connectivity index (χ0v) is 18.9. The van der Waals surface area contributed by atoms with Crippen molar-refractivity contribution in [2.24, 2.45) is 0 Å². The normalized spacial score (nSPS) is 11.4. The Morgan fingerprint density at radius 3 is 2.37 bits per heavy atom. The summed E-state index contributed by atoms with van der Waals surface area (Å²) in [6.45, 7) is 0.623. The first kappa shape index (κ1) is 24.2. The number of amides is 2. The van der Waals surface area contributed by atoms with Crippen LogP contribution < -0.4 is 15.0 Å². The number of nitrogens with zero attached hydrogens (tertiary/aromatic N) is 1. The molecule has 2 aromatic carbocycles. The molecule has 2 N–H and O–H groups in total. The first-order valence-electron chi connectivity index (χ1n) is 8.57. The summed E-state index contributed by atoms with van der Waals surface area (Å²) in [6, 6.07) is 12.4. The van der Waals surface area contributed by atoms with Crippen LogP contribution in [0.25, 0.3) is 0 Å². The molecule has 160 valence electrons. The minimum absolute atomic E-state index is 0.332. The van der Waals surface area contributed by atoms with Gasteiger partial charge in [0, 0.05) is 15.5 Å². The van der Waals surface area contributed by atoms with Crippen LogP contribution in [0.15, 0.2) is 58.3 Å². The van der Waals surface area contributed by atoms with Crippen molar-refractivity contribution >= 4 is 66.8 Å². The van der Waals surface area contributed by atoms with Crippen molar-refractivity contribution in [3.8, 4) is 5.75 Å². The summed E-state index contributed by atoms with van der Waals surface area (Å²) in [4.78, 5) is 38.6. The Hall–Kier alpha value is -2.07. The number of aliphatic carboxylic acids is 1. The fourth-order valence-electron chi connectivity index (χ4n) is 2.47. The average molecular weight is 489 g/mol. The molecule has 2 amide bonds. The monoisotopic (exact) mass is 488 g/mol. The maximum atomic E-state index is 12.7. The summed E-state index contributed by atoms with van der Waals surface area (Å²) in [5.41, 5.74) is 0.422.